The number of hydrogen-bond acceptors (Lipinski definition) is 1. The van der Waals surface area contributed by atoms with E-state index in [9.17, 15) is 4.79 Å². The maximum absolute atomic E-state index is 11.9. The highest BCUT2D eigenvalue weighted by Gasteiger charge is 2.21. The molecule has 0 aliphatic rings. The monoisotopic (exact) mass is 260 g/mol. The van der Waals surface area contributed by atoms with Crippen LogP contribution in [0.15, 0.2) is 60.7 Å². The van der Waals surface area contributed by atoms with Crippen LogP contribution in [0.5, 0.6) is 0 Å². The van der Waals surface area contributed by atoms with Crippen molar-refractivity contribution >= 4 is 23.0 Å². The Morgan fingerprint density at radius 3 is 2.22 bits per heavy atom. The predicted molar refractivity (Wildman–Crippen MR) is 78.7 cm³/mol. The van der Waals surface area contributed by atoms with Crippen LogP contribution in [0.2, 0.25) is 0 Å². The summed E-state index contributed by atoms with van der Waals surface area (Å²) in [5, 5.41) is -0.721. The lowest BCUT2D eigenvalue weighted by Crippen LogP contribution is -2.17. The molecule has 0 aliphatic heterocycles. The molecule has 94 valence electrons. The molecular formula is C16H17ClO. The molecule has 1 atom stereocenters. The van der Waals surface area contributed by atoms with Gasteiger partial charge in [0.2, 0.25) is 0 Å². The van der Waals surface area contributed by atoms with Gasteiger partial charge >= 0.3 is 0 Å². The summed E-state index contributed by atoms with van der Waals surface area (Å²) in [4.78, 5) is 11.9. The maximum Gasteiger partial charge on any atom is 0.180 e. The normalized spacial score (nSPS) is 12.9. The van der Waals surface area contributed by atoms with Gasteiger partial charge in [-0.3, -0.25) is 4.79 Å². The molecule has 0 aromatic heterocycles. The summed E-state index contributed by atoms with van der Waals surface area (Å²) in [5.74, 6) is -0.159. The lowest BCUT2D eigenvalue weighted by Gasteiger charge is -2.14. The van der Waals surface area contributed by atoms with Crippen LogP contribution < -0.4 is 0 Å². The Kier molecular flexibility index (Phi) is 5.11. The van der Waals surface area contributed by atoms with Crippen molar-refractivity contribution in [1.82, 2.24) is 0 Å². The fourth-order valence-electron chi connectivity index (χ4n) is 1.56. The van der Waals surface area contributed by atoms with Gasteiger partial charge < -0.3 is 0 Å². The number of carbonyl (C=O) groups excluding carboxylic acids is 1. The molecular weight excluding hydrogens is 244 g/mol. The van der Waals surface area contributed by atoms with Gasteiger partial charge in [-0.05, 0) is 30.6 Å². The van der Waals surface area contributed by atoms with E-state index in [-0.39, 0.29) is 5.78 Å². The van der Waals surface area contributed by atoms with E-state index < -0.39 is 5.38 Å². The number of ketones is 1. The Labute approximate surface area is 113 Å². The largest absolute Gasteiger partial charge is 0.293 e. The Hall–Kier alpha value is -1.60. The first-order chi connectivity index (χ1) is 8.43. The molecule has 0 heterocycles. The van der Waals surface area contributed by atoms with Crippen molar-refractivity contribution in [1.29, 1.82) is 0 Å². The summed E-state index contributed by atoms with van der Waals surface area (Å²) in [6.45, 7) is 11.0. The Morgan fingerprint density at radius 2 is 1.78 bits per heavy atom. The molecule has 0 fully saturated rings. The average Bonchev–Trinajstić information content (AvgIpc) is 2.35. The van der Waals surface area contributed by atoms with Gasteiger partial charge in [0, 0.05) is 0 Å². The summed E-state index contributed by atoms with van der Waals surface area (Å²) in [6, 6.07) is 9.60. The average molecular weight is 261 g/mol. The summed E-state index contributed by atoms with van der Waals surface area (Å²) in [7, 11) is 0. The molecule has 1 aromatic carbocycles. The highest BCUT2D eigenvalue weighted by atomic mass is 35.5. The second-order valence-electron chi connectivity index (χ2n) is 4.32. The lowest BCUT2D eigenvalue weighted by atomic mass is 9.96. The van der Waals surface area contributed by atoms with E-state index in [1.165, 1.54) is 0 Å². The molecule has 0 saturated heterocycles. The zero-order valence-electron chi connectivity index (χ0n) is 10.7. The van der Waals surface area contributed by atoms with Crippen molar-refractivity contribution in [2.45, 2.75) is 19.2 Å². The van der Waals surface area contributed by atoms with Gasteiger partial charge in [-0.25, -0.2) is 0 Å². The van der Waals surface area contributed by atoms with E-state index in [0.29, 0.717) is 5.57 Å². The molecule has 1 unspecified atom stereocenters. The third-order valence-corrected chi connectivity index (χ3v) is 2.87. The minimum atomic E-state index is -0.721. The number of halogens is 1. The first kappa shape index (κ1) is 14.5. The van der Waals surface area contributed by atoms with Gasteiger partial charge in [-0.15, -0.1) is 11.6 Å². The molecule has 0 bridgehead atoms. The Balaban J connectivity index is 3.20. The number of benzene rings is 1. The van der Waals surface area contributed by atoms with Crippen LogP contribution in [-0.2, 0) is 4.79 Å². The molecule has 0 radical (unpaired) electrons. The van der Waals surface area contributed by atoms with Gasteiger partial charge in [0.1, 0.15) is 5.38 Å². The fraction of sp³-hybridized carbons (Fsp3) is 0.188. The molecule has 1 rings (SSSR count). The van der Waals surface area contributed by atoms with E-state index in [1.807, 2.05) is 43.3 Å². The zero-order valence-corrected chi connectivity index (χ0v) is 11.5. The minimum Gasteiger partial charge on any atom is -0.293 e. The SMILES string of the molecule is C=C(C)/C=C(\c1ccccc1)C(Cl)C(=O)C(=C)C. The topological polar surface area (TPSA) is 17.1 Å². The van der Waals surface area contributed by atoms with E-state index >= 15 is 0 Å². The molecule has 2 heteroatoms. The number of allylic oxidation sites excluding steroid dienone is 4. The van der Waals surface area contributed by atoms with Crippen LogP contribution in [0.4, 0.5) is 0 Å². The highest BCUT2D eigenvalue weighted by molar-refractivity contribution is 6.39. The predicted octanol–water partition coefficient (Wildman–Crippen LogP) is 4.40. The second-order valence-corrected chi connectivity index (χ2v) is 4.76. The summed E-state index contributed by atoms with van der Waals surface area (Å²) in [6.07, 6.45) is 1.84. The number of Topliss-reactive ketones (excluding diaryl/α,β-unsaturated/α-hetero) is 1. The van der Waals surface area contributed by atoms with Gasteiger partial charge in [-0.1, -0.05) is 55.1 Å². The van der Waals surface area contributed by atoms with Crippen molar-refractivity contribution < 1.29 is 4.79 Å². The van der Waals surface area contributed by atoms with E-state index in [0.717, 1.165) is 16.7 Å². The van der Waals surface area contributed by atoms with Crippen molar-refractivity contribution in [2.75, 3.05) is 0 Å². The molecule has 1 nitrogen and oxygen atoms in total. The van der Waals surface area contributed by atoms with Crippen LogP contribution in [0.25, 0.3) is 5.57 Å². The van der Waals surface area contributed by atoms with Gasteiger partial charge in [-0.2, -0.15) is 0 Å². The van der Waals surface area contributed by atoms with Gasteiger partial charge in [0.05, 0.1) is 0 Å². The zero-order chi connectivity index (χ0) is 13.7. The summed E-state index contributed by atoms with van der Waals surface area (Å²) in [5.41, 5.74) is 3.00. The lowest BCUT2D eigenvalue weighted by molar-refractivity contribution is -0.114. The third-order valence-electron chi connectivity index (χ3n) is 2.43. The smallest absolute Gasteiger partial charge is 0.180 e. The van der Waals surface area contributed by atoms with Crippen LogP contribution in [-0.4, -0.2) is 11.2 Å². The van der Waals surface area contributed by atoms with E-state index in [4.69, 9.17) is 11.6 Å². The molecule has 1 aromatic rings. The van der Waals surface area contributed by atoms with Crippen molar-refractivity contribution in [2.24, 2.45) is 0 Å². The summed E-state index contributed by atoms with van der Waals surface area (Å²) < 4.78 is 0. The Morgan fingerprint density at radius 1 is 1.22 bits per heavy atom. The summed E-state index contributed by atoms with van der Waals surface area (Å²) >= 11 is 6.25. The quantitative estimate of drug-likeness (QED) is 0.436. The van der Waals surface area contributed by atoms with E-state index in [1.54, 1.807) is 6.92 Å². The first-order valence-electron chi connectivity index (χ1n) is 5.69. The molecule has 18 heavy (non-hydrogen) atoms. The maximum atomic E-state index is 11.9. The molecule has 0 saturated carbocycles. The standard InChI is InChI=1S/C16H17ClO/c1-11(2)10-14(13-8-6-5-7-9-13)15(17)16(18)12(3)4/h5-10,15H,1,3H2,2,4H3/b14-10+. The fourth-order valence-corrected chi connectivity index (χ4v) is 1.93. The van der Waals surface area contributed by atoms with Crippen molar-refractivity contribution in [3.8, 4) is 0 Å². The molecule has 0 spiro atoms. The second kappa shape index (κ2) is 6.36. The van der Waals surface area contributed by atoms with Gasteiger partial charge in [0.15, 0.2) is 5.78 Å². The van der Waals surface area contributed by atoms with Crippen molar-refractivity contribution in [3.63, 3.8) is 0 Å². The highest BCUT2D eigenvalue weighted by Crippen LogP contribution is 2.26. The molecule has 0 aliphatic carbocycles. The third kappa shape index (κ3) is 3.71. The number of rotatable bonds is 5. The van der Waals surface area contributed by atoms with Crippen molar-refractivity contribution in [3.05, 3.63) is 66.3 Å². The van der Waals surface area contributed by atoms with Crippen LogP contribution in [0.3, 0.4) is 0 Å². The first-order valence-corrected chi connectivity index (χ1v) is 6.13. The van der Waals surface area contributed by atoms with Crippen LogP contribution in [0, 0.1) is 0 Å². The van der Waals surface area contributed by atoms with E-state index in [2.05, 4.69) is 13.2 Å². The van der Waals surface area contributed by atoms with Crippen LogP contribution in [0.1, 0.15) is 19.4 Å². The number of alkyl halides is 1. The minimum absolute atomic E-state index is 0.159. The number of carbonyl (C=O) groups is 1. The molecule has 0 N–H and O–H groups in total. The Bertz CT molecular complexity index is 497. The number of hydrogen-bond donors (Lipinski definition) is 0. The van der Waals surface area contributed by atoms with Crippen LogP contribution >= 0.6 is 11.6 Å². The molecule has 0 amide bonds. The van der Waals surface area contributed by atoms with Gasteiger partial charge in [0.25, 0.3) is 0 Å².